The van der Waals surface area contributed by atoms with E-state index in [1.54, 1.807) is 24.5 Å². The van der Waals surface area contributed by atoms with Gasteiger partial charge in [0.25, 0.3) is 0 Å². The van der Waals surface area contributed by atoms with Crippen LogP contribution in [0.3, 0.4) is 0 Å². The van der Waals surface area contributed by atoms with Crippen molar-refractivity contribution < 1.29 is 18.7 Å². The summed E-state index contributed by atoms with van der Waals surface area (Å²) < 4.78 is 16.0. The maximum Gasteiger partial charge on any atom is 0.317 e. The maximum atomic E-state index is 11.6. The van der Waals surface area contributed by atoms with E-state index in [-0.39, 0.29) is 12.8 Å². The number of amides is 2. The molecule has 0 saturated carbocycles. The molecular weight excluding hydrogens is 272 g/mol. The minimum Gasteiger partial charge on any atom is -0.490 e. The van der Waals surface area contributed by atoms with E-state index in [4.69, 9.17) is 13.9 Å². The SMILES string of the molecule is CCOc1ccccc1OCNC(=O)NCc1ccco1. The summed E-state index contributed by atoms with van der Waals surface area (Å²) in [4.78, 5) is 11.6. The molecule has 6 heteroatoms. The summed E-state index contributed by atoms with van der Waals surface area (Å²) in [6.07, 6.45) is 1.56. The largest absolute Gasteiger partial charge is 0.490 e. The second-order valence-corrected chi connectivity index (χ2v) is 4.11. The van der Waals surface area contributed by atoms with E-state index in [0.717, 1.165) is 0 Å². The van der Waals surface area contributed by atoms with Crippen molar-refractivity contribution >= 4 is 6.03 Å². The number of carbonyl (C=O) groups excluding carboxylic acids is 1. The van der Waals surface area contributed by atoms with Gasteiger partial charge in [-0.15, -0.1) is 0 Å². The van der Waals surface area contributed by atoms with Gasteiger partial charge in [0.15, 0.2) is 18.2 Å². The maximum absolute atomic E-state index is 11.6. The predicted octanol–water partition coefficient (Wildman–Crippen LogP) is 2.51. The fourth-order valence-electron chi connectivity index (χ4n) is 1.67. The van der Waals surface area contributed by atoms with Crippen LogP contribution in [0.1, 0.15) is 12.7 Å². The van der Waals surface area contributed by atoms with Gasteiger partial charge in [-0.2, -0.15) is 0 Å². The Labute approximate surface area is 123 Å². The molecule has 0 atom stereocenters. The number of para-hydroxylation sites is 2. The number of benzene rings is 1. The average Bonchev–Trinajstić information content (AvgIpc) is 3.00. The molecule has 2 rings (SSSR count). The van der Waals surface area contributed by atoms with Gasteiger partial charge >= 0.3 is 6.03 Å². The Balaban J connectivity index is 1.72. The summed E-state index contributed by atoms with van der Waals surface area (Å²) in [5, 5.41) is 5.25. The van der Waals surface area contributed by atoms with Crippen LogP contribution in [-0.2, 0) is 6.54 Å². The molecule has 0 unspecified atom stereocenters. The first kappa shape index (κ1) is 14.8. The summed E-state index contributed by atoms with van der Waals surface area (Å²) in [6.45, 7) is 2.83. The Morgan fingerprint density at radius 1 is 1.10 bits per heavy atom. The van der Waals surface area contributed by atoms with Crippen molar-refractivity contribution in [3.63, 3.8) is 0 Å². The van der Waals surface area contributed by atoms with Crippen LogP contribution in [0.5, 0.6) is 11.5 Å². The van der Waals surface area contributed by atoms with Crippen molar-refractivity contribution in [2.45, 2.75) is 13.5 Å². The van der Waals surface area contributed by atoms with E-state index in [1.807, 2.05) is 25.1 Å². The summed E-state index contributed by atoms with van der Waals surface area (Å²) in [7, 11) is 0. The van der Waals surface area contributed by atoms with Crippen molar-refractivity contribution in [2.75, 3.05) is 13.3 Å². The second kappa shape index (κ2) is 7.84. The molecule has 2 N–H and O–H groups in total. The third kappa shape index (κ3) is 4.76. The molecule has 2 amide bonds. The van der Waals surface area contributed by atoms with Crippen molar-refractivity contribution in [2.24, 2.45) is 0 Å². The highest BCUT2D eigenvalue weighted by Crippen LogP contribution is 2.25. The normalized spacial score (nSPS) is 9.95. The fraction of sp³-hybridized carbons (Fsp3) is 0.267. The number of hydrogen-bond acceptors (Lipinski definition) is 4. The molecule has 0 aliphatic carbocycles. The predicted molar refractivity (Wildman–Crippen MR) is 77.2 cm³/mol. The molecule has 0 bridgehead atoms. The van der Waals surface area contributed by atoms with E-state index >= 15 is 0 Å². The number of furan rings is 1. The van der Waals surface area contributed by atoms with Crippen molar-refractivity contribution in [1.82, 2.24) is 10.6 Å². The lowest BCUT2D eigenvalue weighted by Crippen LogP contribution is -2.37. The first-order valence-electron chi connectivity index (χ1n) is 6.68. The molecule has 21 heavy (non-hydrogen) atoms. The van der Waals surface area contributed by atoms with E-state index in [1.165, 1.54) is 0 Å². The number of ether oxygens (including phenoxy) is 2. The van der Waals surface area contributed by atoms with Crippen LogP contribution in [0.25, 0.3) is 0 Å². The molecule has 1 aromatic carbocycles. The third-order valence-corrected chi connectivity index (χ3v) is 2.61. The van der Waals surface area contributed by atoms with Crippen LogP contribution in [0.4, 0.5) is 4.79 Å². The van der Waals surface area contributed by atoms with E-state index in [2.05, 4.69) is 10.6 Å². The number of hydrogen-bond donors (Lipinski definition) is 2. The monoisotopic (exact) mass is 290 g/mol. The number of nitrogens with one attached hydrogen (secondary N) is 2. The molecule has 112 valence electrons. The summed E-state index contributed by atoms with van der Waals surface area (Å²) >= 11 is 0. The number of carbonyl (C=O) groups is 1. The topological polar surface area (TPSA) is 72.7 Å². The van der Waals surface area contributed by atoms with Gasteiger partial charge in [0.05, 0.1) is 19.4 Å². The van der Waals surface area contributed by atoms with Gasteiger partial charge in [-0.25, -0.2) is 4.79 Å². The van der Waals surface area contributed by atoms with Crippen LogP contribution in [0.2, 0.25) is 0 Å². The minimum absolute atomic E-state index is 0.0497. The van der Waals surface area contributed by atoms with Gasteiger partial charge in [0, 0.05) is 0 Å². The van der Waals surface area contributed by atoms with Crippen LogP contribution >= 0.6 is 0 Å². The quantitative estimate of drug-likeness (QED) is 0.768. The van der Waals surface area contributed by atoms with E-state index in [0.29, 0.717) is 30.4 Å². The van der Waals surface area contributed by atoms with Crippen molar-refractivity contribution in [3.8, 4) is 11.5 Å². The Bertz CT molecular complexity index is 555. The molecule has 6 nitrogen and oxygen atoms in total. The molecule has 0 aliphatic rings. The Morgan fingerprint density at radius 2 is 1.86 bits per heavy atom. The Hall–Kier alpha value is -2.63. The van der Waals surface area contributed by atoms with E-state index < -0.39 is 0 Å². The number of urea groups is 1. The standard InChI is InChI=1S/C15H18N2O4/c1-2-19-13-7-3-4-8-14(13)21-11-17-15(18)16-10-12-6-5-9-20-12/h3-9H,2,10-11H2,1H3,(H2,16,17,18). The lowest BCUT2D eigenvalue weighted by Gasteiger charge is -2.12. The first-order chi connectivity index (χ1) is 10.3. The van der Waals surface area contributed by atoms with E-state index in [9.17, 15) is 4.79 Å². The Morgan fingerprint density at radius 3 is 2.52 bits per heavy atom. The van der Waals surface area contributed by atoms with Gasteiger partial charge < -0.3 is 24.5 Å². The third-order valence-electron chi connectivity index (χ3n) is 2.61. The molecular formula is C15H18N2O4. The molecule has 1 aromatic heterocycles. The highest BCUT2D eigenvalue weighted by molar-refractivity contribution is 5.73. The molecule has 0 saturated heterocycles. The smallest absolute Gasteiger partial charge is 0.317 e. The molecule has 0 aliphatic heterocycles. The second-order valence-electron chi connectivity index (χ2n) is 4.11. The van der Waals surface area contributed by atoms with Crippen LogP contribution < -0.4 is 20.1 Å². The zero-order valence-electron chi connectivity index (χ0n) is 11.8. The molecule has 0 radical (unpaired) electrons. The minimum atomic E-state index is -0.333. The Kier molecular flexibility index (Phi) is 5.51. The van der Waals surface area contributed by atoms with Gasteiger partial charge in [0.2, 0.25) is 0 Å². The zero-order chi connectivity index (χ0) is 14.9. The van der Waals surface area contributed by atoms with Crippen LogP contribution in [-0.4, -0.2) is 19.4 Å². The average molecular weight is 290 g/mol. The lowest BCUT2D eigenvalue weighted by molar-refractivity contribution is 0.219. The lowest BCUT2D eigenvalue weighted by atomic mass is 10.3. The fourth-order valence-corrected chi connectivity index (χ4v) is 1.67. The summed E-state index contributed by atoms with van der Waals surface area (Å²) in [5.74, 6) is 1.93. The molecule has 0 spiro atoms. The summed E-state index contributed by atoms with van der Waals surface area (Å²) in [5.41, 5.74) is 0. The highest BCUT2D eigenvalue weighted by Gasteiger charge is 2.05. The van der Waals surface area contributed by atoms with Crippen LogP contribution in [0.15, 0.2) is 47.1 Å². The van der Waals surface area contributed by atoms with Gasteiger partial charge in [0.1, 0.15) is 5.76 Å². The van der Waals surface area contributed by atoms with Crippen LogP contribution in [0, 0.1) is 0 Å². The summed E-state index contributed by atoms with van der Waals surface area (Å²) in [6, 6.07) is 10.5. The first-order valence-corrected chi connectivity index (χ1v) is 6.68. The van der Waals surface area contributed by atoms with Gasteiger partial charge in [-0.3, -0.25) is 0 Å². The zero-order valence-corrected chi connectivity index (χ0v) is 11.8. The molecule has 0 fully saturated rings. The number of rotatable bonds is 7. The van der Waals surface area contributed by atoms with Gasteiger partial charge in [-0.05, 0) is 31.2 Å². The van der Waals surface area contributed by atoms with Crippen molar-refractivity contribution in [3.05, 3.63) is 48.4 Å². The van der Waals surface area contributed by atoms with Gasteiger partial charge in [-0.1, -0.05) is 12.1 Å². The molecule has 1 heterocycles. The highest BCUT2D eigenvalue weighted by atomic mass is 16.5. The van der Waals surface area contributed by atoms with Crippen molar-refractivity contribution in [1.29, 1.82) is 0 Å². The molecule has 2 aromatic rings.